The average molecular weight is 246 g/mol. The van der Waals surface area contributed by atoms with Gasteiger partial charge in [0.1, 0.15) is 0 Å². The Morgan fingerprint density at radius 3 is 2.41 bits per heavy atom. The lowest BCUT2D eigenvalue weighted by molar-refractivity contribution is 0.550. The second-order valence-corrected chi connectivity index (χ2v) is 5.34. The lowest BCUT2D eigenvalue weighted by Gasteiger charge is -2.20. The molecule has 0 saturated carbocycles. The number of hydrogen-bond acceptors (Lipinski definition) is 3. The Morgan fingerprint density at radius 2 is 1.88 bits per heavy atom. The second-order valence-electron chi connectivity index (χ2n) is 4.31. The van der Waals surface area contributed by atoms with Crippen LogP contribution >= 0.6 is 11.3 Å². The van der Waals surface area contributed by atoms with Crippen LogP contribution in [0.1, 0.15) is 27.6 Å². The molecule has 1 aromatic heterocycles. The van der Waals surface area contributed by atoms with E-state index >= 15 is 0 Å². The fourth-order valence-electron chi connectivity index (χ4n) is 2.25. The third kappa shape index (κ3) is 2.75. The van der Waals surface area contributed by atoms with Crippen LogP contribution in [0.25, 0.3) is 0 Å². The van der Waals surface area contributed by atoms with Gasteiger partial charge in [0.2, 0.25) is 0 Å². The number of benzene rings is 1. The minimum Gasteiger partial charge on any atom is -0.271 e. The van der Waals surface area contributed by atoms with Crippen molar-refractivity contribution in [3.05, 3.63) is 57.3 Å². The maximum atomic E-state index is 5.71. The van der Waals surface area contributed by atoms with E-state index in [-0.39, 0.29) is 6.04 Å². The van der Waals surface area contributed by atoms with Crippen LogP contribution in [0.4, 0.5) is 0 Å². The fourth-order valence-corrected chi connectivity index (χ4v) is 3.00. The third-order valence-electron chi connectivity index (χ3n) is 3.08. The first-order valence-corrected chi connectivity index (χ1v) is 6.65. The zero-order chi connectivity index (χ0) is 12.3. The zero-order valence-electron chi connectivity index (χ0n) is 10.2. The molecule has 0 aliphatic heterocycles. The monoisotopic (exact) mass is 246 g/mol. The summed E-state index contributed by atoms with van der Waals surface area (Å²) in [7, 11) is 0. The van der Waals surface area contributed by atoms with Crippen molar-refractivity contribution in [3.63, 3.8) is 0 Å². The minimum atomic E-state index is 0.190. The van der Waals surface area contributed by atoms with E-state index in [1.165, 1.54) is 21.6 Å². The van der Waals surface area contributed by atoms with Gasteiger partial charge >= 0.3 is 0 Å². The minimum absolute atomic E-state index is 0.190. The van der Waals surface area contributed by atoms with Gasteiger partial charge in [0.05, 0.1) is 6.04 Å². The van der Waals surface area contributed by atoms with Crippen molar-refractivity contribution in [1.82, 2.24) is 5.43 Å². The molecule has 0 spiro atoms. The van der Waals surface area contributed by atoms with E-state index in [1.54, 1.807) is 11.3 Å². The average Bonchev–Trinajstić information content (AvgIpc) is 2.80. The van der Waals surface area contributed by atoms with Gasteiger partial charge in [-0.2, -0.15) is 0 Å². The number of aryl methyl sites for hydroxylation is 2. The van der Waals surface area contributed by atoms with E-state index in [9.17, 15) is 0 Å². The topological polar surface area (TPSA) is 38.0 Å². The van der Waals surface area contributed by atoms with Crippen LogP contribution in [0, 0.1) is 13.8 Å². The molecule has 17 heavy (non-hydrogen) atoms. The molecule has 1 heterocycles. The molecule has 2 nitrogen and oxygen atoms in total. The lowest BCUT2D eigenvalue weighted by Crippen LogP contribution is -2.30. The zero-order valence-corrected chi connectivity index (χ0v) is 11.1. The summed E-state index contributed by atoms with van der Waals surface area (Å²) in [6.45, 7) is 4.28. The normalized spacial score (nSPS) is 12.6. The summed E-state index contributed by atoms with van der Waals surface area (Å²) in [6.07, 6.45) is 0.944. The predicted molar refractivity (Wildman–Crippen MR) is 74.0 cm³/mol. The number of hydrazine groups is 1. The molecule has 3 heteroatoms. The molecule has 0 fully saturated rings. The van der Waals surface area contributed by atoms with Crippen LogP contribution in [-0.4, -0.2) is 0 Å². The van der Waals surface area contributed by atoms with Gasteiger partial charge in [0.15, 0.2) is 0 Å². The predicted octanol–water partition coefficient (Wildman–Crippen LogP) is 3.11. The first kappa shape index (κ1) is 12.3. The SMILES string of the molecule is Cc1cccc(C)c1C(Cc1cccs1)NN. The van der Waals surface area contributed by atoms with Crippen molar-refractivity contribution in [2.75, 3.05) is 0 Å². The Kier molecular flexibility index (Phi) is 3.94. The van der Waals surface area contributed by atoms with Gasteiger partial charge in [-0.1, -0.05) is 24.3 Å². The smallest absolute Gasteiger partial charge is 0.0513 e. The number of thiophene rings is 1. The number of nitrogens with two attached hydrogens (primary N) is 1. The van der Waals surface area contributed by atoms with Gasteiger partial charge in [-0.05, 0) is 42.0 Å². The van der Waals surface area contributed by atoms with Gasteiger partial charge in [0.25, 0.3) is 0 Å². The highest BCUT2D eigenvalue weighted by atomic mass is 32.1. The fraction of sp³-hybridized carbons (Fsp3) is 0.286. The second kappa shape index (κ2) is 5.45. The molecule has 0 radical (unpaired) electrons. The molecule has 0 aliphatic carbocycles. The van der Waals surface area contributed by atoms with Crippen LogP contribution in [0.5, 0.6) is 0 Å². The molecule has 0 amide bonds. The summed E-state index contributed by atoms with van der Waals surface area (Å²) in [6, 6.07) is 10.8. The largest absolute Gasteiger partial charge is 0.271 e. The van der Waals surface area contributed by atoms with Crippen LogP contribution in [0.15, 0.2) is 35.7 Å². The first-order valence-electron chi connectivity index (χ1n) is 5.77. The van der Waals surface area contributed by atoms with Crippen LogP contribution in [0.3, 0.4) is 0 Å². The summed E-state index contributed by atoms with van der Waals surface area (Å²) >= 11 is 1.78. The Balaban J connectivity index is 2.29. The first-order chi connectivity index (χ1) is 8.22. The lowest BCUT2D eigenvalue weighted by atomic mass is 9.94. The van der Waals surface area contributed by atoms with E-state index in [0.29, 0.717) is 0 Å². The Bertz CT molecular complexity index is 457. The van der Waals surface area contributed by atoms with Crippen molar-refractivity contribution in [3.8, 4) is 0 Å². The van der Waals surface area contributed by atoms with Crippen LogP contribution in [0.2, 0.25) is 0 Å². The van der Waals surface area contributed by atoms with Crippen molar-refractivity contribution in [2.24, 2.45) is 5.84 Å². The van der Waals surface area contributed by atoms with Crippen LogP contribution in [-0.2, 0) is 6.42 Å². The highest BCUT2D eigenvalue weighted by Gasteiger charge is 2.15. The molecule has 0 saturated heterocycles. The molecule has 90 valence electrons. The maximum Gasteiger partial charge on any atom is 0.0513 e. The van der Waals surface area contributed by atoms with E-state index in [4.69, 9.17) is 5.84 Å². The molecular weight excluding hydrogens is 228 g/mol. The van der Waals surface area contributed by atoms with Crippen molar-refractivity contribution >= 4 is 11.3 Å². The van der Waals surface area contributed by atoms with Gasteiger partial charge in [0, 0.05) is 11.3 Å². The standard InChI is InChI=1S/C14H18N2S/c1-10-5-3-6-11(2)14(10)13(16-15)9-12-7-4-8-17-12/h3-8,13,16H,9,15H2,1-2H3. The Morgan fingerprint density at radius 1 is 1.18 bits per heavy atom. The molecule has 0 bridgehead atoms. The van der Waals surface area contributed by atoms with Gasteiger partial charge in [-0.3, -0.25) is 11.3 Å². The third-order valence-corrected chi connectivity index (χ3v) is 3.98. The van der Waals surface area contributed by atoms with Gasteiger partial charge in [-0.25, -0.2) is 0 Å². The summed E-state index contributed by atoms with van der Waals surface area (Å²) < 4.78 is 0. The quantitative estimate of drug-likeness (QED) is 0.642. The summed E-state index contributed by atoms with van der Waals surface area (Å²) in [5.41, 5.74) is 6.86. The highest BCUT2D eigenvalue weighted by molar-refractivity contribution is 7.09. The van der Waals surface area contributed by atoms with Gasteiger partial charge < -0.3 is 0 Å². The Hall–Kier alpha value is -1.16. The molecular formula is C14H18N2S. The van der Waals surface area contributed by atoms with Crippen LogP contribution < -0.4 is 11.3 Å². The van der Waals surface area contributed by atoms with E-state index in [1.807, 2.05) is 0 Å². The van der Waals surface area contributed by atoms with E-state index in [2.05, 4.69) is 55.0 Å². The Labute approximate surface area is 106 Å². The summed E-state index contributed by atoms with van der Waals surface area (Å²) in [5.74, 6) is 5.71. The highest BCUT2D eigenvalue weighted by Crippen LogP contribution is 2.25. The maximum absolute atomic E-state index is 5.71. The summed E-state index contributed by atoms with van der Waals surface area (Å²) in [4.78, 5) is 1.36. The molecule has 2 rings (SSSR count). The number of nitrogens with one attached hydrogen (secondary N) is 1. The summed E-state index contributed by atoms with van der Waals surface area (Å²) in [5, 5.41) is 2.10. The molecule has 2 aromatic rings. The molecule has 1 aromatic carbocycles. The molecule has 1 atom stereocenters. The molecule has 1 unspecified atom stereocenters. The van der Waals surface area contributed by atoms with E-state index in [0.717, 1.165) is 6.42 Å². The van der Waals surface area contributed by atoms with Crippen molar-refractivity contribution in [2.45, 2.75) is 26.3 Å². The molecule has 3 N–H and O–H groups in total. The number of rotatable bonds is 4. The molecule has 0 aliphatic rings. The van der Waals surface area contributed by atoms with Crippen molar-refractivity contribution in [1.29, 1.82) is 0 Å². The van der Waals surface area contributed by atoms with Crippen molar-refractivity contribution < 1.29 is 0 Å². The van der Waals surface area contributed by atoms with E-state index < -0.39 is 0 Å². The number of hydrogen-bond donors (Lipinski definition) is 2. The van der Waals surface area contributed by atoms with Gasteiger partial charge in [-0.15, -0.1) is 11.3 Å².